The Bertz CT molecular complexity index is 877. The zero-order chi connectivity index (χ0) is 21.5. The smallest absolute Gasteiger partial charge is 0.319 e. The van der Waals surface area contributed by atoms with E-state index in [0.717, 1.165) is 43.4 Å². The largest absolute Gasteiger partial charge is 0.378 e. The maximum atomic E-state index is 14.1. The van der Waals surface area contributed by atoms with E-state index in [0.29, 0.717) is 12.2 Å². The van der Waals surface area contributed by atoms with Crippen LogP contribution in [0.15, 0.2) is 42.5 Å². The lowest BCUT2D eigenvalue weighted by Crippen LogP contribution is -2.28. The van der Waals surface area contributed by atoms with Gasteiger partial charge in [0.15, 0.2) is 0 Å². The molecular formula is C23H29FN4O2. The molecule has 160 valence electrons. The number of hydrogen-bond acceptors (Lipinski definition) is 3. The fourth-order valence-electron chi connectivity index (χ4n) is 3.57. The lowest BCUT2D eigenvalue weighted by atomic mass is 9.88. The van der Waals surface area contributed by atoms with Crippen molar-refractivity contribution in [1.82, 2.24) is 5.32 Å². The summed E-state index contributed by atoms with van der Waals surface area (Å²) in [4.78, 5) is 26.6. The molecule has 6 nitrogen and oxygen atoms in total. The second-order valence-corrected chi connectivity index (χ2v) is 7.89. The van der Waals surface area contributed by atoms with Gasteiger partial charge in [0, 0.05) is 37.9 Å². The molecule has 3 N–H and O–H groups in total. The number of urea groups is 1. The van der Waals surface area contributed by atoms with Gasteiger partial charge in [-0.05, 0) is 48.7 Å². The minimum absolute atomic E-state index is 0.0723. The van der Waals surface area contributed by atoms with Crippen molar-refractivity contribution in [2.45, 2.75) is 38.6 Å². The van der Waals surface area contributed by atoms with Gasteiger partial charge in [-0.15, -0.1) is 0 Å². The van der Waals surface area contributed by atoms with Crippen molar-refractivity contribution in [2.75, 3.05) is 29.6 Å². The third-order valence-corrected chi connectivity index (χ3v) is 5.36. The summed E-state index contributed by atoms with van der Waals surface area (Å²) in [5.41, 5.74) is 2.55. The summed E-state index contributed by atoms with van der Waals surface area (Å²) in [6, 6.07) is 11.6. The lowest BCUT2D eigenvalue weighted by molar-refractivity contribution is -0.120. The monoisotopic (exact) mass is 412 g/mol. The number of carbonyl (C=O) groups excluding carboxylic acids is 2. The maximum Gasteiger partial charge on any atom is 0.319 e. The molecule has 2 aromatic carbocycles. The Hall–Kier alpha value is -3.09. The molecule has 1 aliphatic rings. The normalized spacial score (nSPS) is 14.1. The molecule has 7 heteroatoms. The number of hydrogen-bond donors (Lipinski definition) is 3. The third-order valence-electron chi connectivity index (χ3n) is 5.36. The summed E-state index contributed by atoms with van der Waals surface area (Å²) >= 11 is 0. The van der Waals surface area contributed by atoms with Crippen molar-refractivity contribution in [1.29, 1.82) is 0 Å². The molecule has 1 fully saturated rings. The molecule has 1 saturated carbocycles. The summed E-state index contributed by atoms with van der Waals surface area (Å²) < 4.78 is 14.1. The quantitative estimate of drug-likeness (QED) is 0.642. The van der Waals surface area contributed by atoms with Gasteiger partial charge in [-0.2, -0.15) is 0 Å². The Morgan fingerprint density at radius 2 is 1.70 bits per heavy atom. The number of benzene rings is 2. The Kier molecular flexibility index (Phi) is 7.27. The number of rotatable bonds is 6. The van der Waals surface area contributed by atoms with Gasteiger partial charge in [0.1, 0.15) is 5.82 Å². The highest BCUT2D eigenvalue weighted by atomic mass is 19.1. The second kappa shape index (κ2) is 10.1. The van der Waals surface area contributed by atoms with Gasteiger partial charge in [0.25, 0.3) is 0 Å². The Morgan fingerprint density at radius 1 is 1.00 bits per heavy atom. The first kappa shape index (κ1) is 21.6. The predicted octanol–water partition coefficient (Wildman–Crippen LogP) is 4.73. The molecule has 0 unspecified atom stereocenters. The molecule has 0 atom stereocenters. The second-order valence-electron chi connectivity index (χ2n) is 7.89. The van der Waals surface area contributed by atoms with E-state index in [4.69, 9.17) is 0 Å². The fourth-order valence-corrected chi connectivity index (χ4v) is 3.57. The van der Waals surface area contributed by atoms with Crippen LogP contribution in [-0.4, -0.2) is 26.0 Å². The number of halogens is 1. The highest BCUT2D eigenvalue weighted by Crippen LogP contribution is 2.26. The topological polar surface area (TPSA) is 73.5 Å². The van der Waals surface area contributed by atoms with Crippen molar-refractivity contribution < 1.29 is 14.0 Å². The molecule has 0 spiro atoms. The number of nitrogens with zero attached hydrogens (tertiary/aromatic N) is 1. The standard InChI is InChI=1S/C23H29FN4O2/c1-28(2)19-11-8-16(9-12-19)15-25-23(30)26-18-10-13-20(24)21(14-18)27-22(29)17-6-4-3-5-7-17/h8-14,17H,3-7,15H2,1-2H3,(H,27,29)(H2,25,26,30). The molecule has 3 amide bonds. The molecule has 3 rings (SSSR count). The average Bonchev–Trinajstić information content (AvgIpc) is 2.75. The molecule has 30 heavy (non-hydrogen) atoms. The fraction of sp³-hybridized carbons (Fsp3) is 0.391. The molecule has 0 aromatic heterocycles. The Balaban J connectivity index is 1.54. The van der Waals surface area contributed by atoms with Crippen LogP contribution in [0.4, 0.5) is 26.2 Å². The van der Waals surface area contributed by atoms with E-state index in [2.05, 4.69) is 16.0 Å². The van der Waals surface area contributed by atoms with E-state index in [1.54, 1.807) is 0 Å². The summed E-state index contributed by atoms with van der Waals surface area (Å²) in [6.45, 7) is 0.367. The van der Waals surface area contributed by atoms with Crippen LogP contribution in [0, 0.1) is 11.7 Å². The van der Waals surface area contributed by atoms with Gasteiger partial charge in [0.2, 0.25) is 5.91 Å². The molecule has 0 aliphatic heterocycles. The maximum absolute atomic E-state index is 14.1. The minimum atomic E-state index is -0.522. The van der Waals surface area contributed by atoms with Crippen LogP contribution in [0.5, 0.6) is 0 Å². The number of anilines is 3. The highest BCUT2D eigenvalue weighted by molar-refractivity contribution is 5.94. The molecule has 0 heterocycles. The molecule has 0 bridgehead atoms. The summed E-state index contributed by atoms with van der Waals surface area (Å²) in [7, 11) is 3.93. The van der Waals surface area contributed by atoms with Gasteiger partial charge in [0.05, 0.1) is 5.69 Å². The van der Waals surface area contributed by atoms with E-state index < -0.39 is 11.8 Å². The molecule has 0 saturated heterocycles. The SMILES string of the molecule is CN(C)c1ccc(CNC(=O)Nc2ccc(F)c(NC(=O)C3CCCCC3)c2)cc1. The first-order valence-corrected chi connectivity index (χ1v) is 10.3. The molecule has 0 radical (unpaired) electrons. The van der Waals surface area contributed by atoms with Gasteiger partial charge in [-0.3, -0.25) is 4.79 Å². The first-order chi connectivity index (χ1) is 14.4. The molecular weight excluding hydrogens is 383 g/mol. The van der Waals surface area contributed by atoms with E-state index >= 15 is 0 Å². The minimum Gasteiger partial charge on any atom is -0.378 e. The van der Waals surface area contributed by atoms with Crippen LogP contribution in [0.2, 0.25) is 0 Å². The van der Waals surface area contributed by atoms with Crippen LogP contribution in [0.1, 0.15) is 37.7 Å². The molecule has 1 aliphatic carbocycles. The van der Waals surface area contributed by atoms with Crippen LogP contribution in [0.3, 0.4) is 0 Å². The zero-order valence-electron chi connectivity index (χ0n) is 17.5. The summed E-state index contributed by atoms with van der Waals surface area (Å²) in [5.74, 6) is -0.751. The van der Waals surface area contributed by atoms with E-state index in [1.165, 1.54) is 18.2 Å². The van der Waals surface area contributed by atoms with Crippen LogP contribution in [0.25, 0.3) is 0 Å². The van der Waals surface area contributed by atoms with Gasteiger partial charge >= 0.3 is 6.03 Å². The zero-order valence-corrected chi connectivity index (χ0v) is 17.5. The van der Waals surface area contributed by atoms with Crippen molar-refractivity contribution in [3.63, 3.8) is 0 Å². The van der Waals surface area contributed by atoms with Crippen molar-refractivity contribution >= 4 is 29.0 Å². The van der Waals surface area contributed by atoms with Crippen molar-refractivity contribution in [3.05, 3.63) is 53.8 Å². The van der Waals surface area contributed by atoms with E-state index in [-0.39, 0.29) is 17.5 Å². The number of nitrogens with one attached hydrogen (secondary N) is 3. The van der Waals surface area contributed by atoms with Crippen LogP contribution < -0.4 is 20.9 Å². The molecule has 2 aromatic rings. The Labute approximate surface area is 176 Å². The van der Waals surface area contributed by atoms with Crippen molar-refractivity contribution in [3.8, 4) is 0 Å². The van der Waals surface area contributed by atoms with Crippen LogP contribution >= 0.6 is 0 Å². The van der Waals surface area contributed by atoms with E-state index in [1.807, 2.05) is 43.3 Å². The number of carbonyl (C=O) groups is 2. The highest BCUT2D eigenvalue weighted by Gasteiger charge is 2.22. The summed E-state index contributed by atoms with van der Waals surface area (Å²) in [6.07, 6.45) is 4.87. The average molecular weight is 413 g/mol. The van der Waals surface area contributed by atoms with Gasteiger partial charge in [-0.25, -0.2) is 9.18 Å². The van der Waals surface area contributed by atoms with Gasteiger partial charge < -0.3 is 20.9 Å². The third kappa shape index (κ3) is 5.95. The first-order valence-electron chi connectivity index (χ1n) is 10.3. The summed E-state index contributed by atoms with van der Waals surface area (Å²) in [5, 5.41) is 8.14. The lowest BCUT2D eigenvalue weighted by Gasteiger charge is -2.21. The Morgan fingerprint density at radius 3 is 2.37 bits per heavy atom. The van der Waals surface area contributed by atoms with Crippen molar-refractivity contribution in [2.24, 2.45) is 5.92 Å². The number of amides is 3. The van der Waals surface area contributed by atoms with Gasteiger partial charge in [-0.1, -0.05) is 31.4 Å². The van der Waals surface area contributed by atoms with E-state index in [9.17, 15) is 14.0 Å². The predicted molar refractivity (Wildman–Crippen MR) is 118 cm³/mol. The van der Waals surface area contributed by atoms with Crippen LogP contribution in [-0.2, 0) is 11.3 Å².